The van der Waals surface area contributed by atoms with Crippen molar-refractivity contribution in [2.24, 2.45) is 5.92 Å². The summed E-state index contributed by atoms with van der Waals surface area (Å²) in [4.78, 5) is 9.32. The Hall–Kier alpha value is -0.800. The molecule has 0 radical (unpaired) electrons. The molecular weight excluding hydrogens is 258 g/mol. The quantitative estimate of drug-likeness (QED) is 0.776. The van der Waals surface area contributed by atoms with Gasteiger partial charge >= 0.3 is 0 Å². The number of fused-ring (bicyclic) bond motifs is 1. The average molecular weight is 280 g/mol. The van der Waals surface area contributed by atoms with Crippen LogP contribution < -0.4 is 4.90 Å². The van der Waals surface area contributed by atoms with E-state index in [1.165, 1.54) is 37.1 Å². The van der Waals surface area contributed by atoms with Gasteiger partial charge in [-0.25, -0.2) is 0 Å². The van der Waals surface area contributed by atoms with Gasteiger partial charge in [0.1, 0.15) is 0 Å². The van der Waals surface area contributed by atoms with Crippen molar-refractivity contribution in [3.63, 3.8) is 0 Å². The van der Waals surface area contributed by atoms with Crippen LogP contribution in [0.4, 0.5) is 5.69 Å². The molecular formula is C15H22ClN3. The number of hydrogen-bond donors (Lipinski definition) is 0. The maximum absolute atomic E-state index is 6.05. The number of aromatic nitrogens is 1. The Balaban J connectivity index is 1.77. The molecule has 4 heteroatoms. The van der Waals surface area contributed by atoms with Crippen molar-refractivity contribution >= 4 is 17.3 Å². The predicted molar refractivity (Wildman–Crippen MR) is 79.8 cm³/mol. The number of likely N-dealkylation sites (tertiary alicyclic amines) is 1. The van der Waals surface area contributed by atoms with Gasteiger partial charge in [-0.2, -0.15) is 0 Å². The van der Waals surface area contributed by atoms with E-state index in [0.29, 0.717) is 5.88 Å². The smallest absolute Gasteiger partial charge is 0.0597 e. The molecule has 0 N–H and O–H groups in total. The normalized spacial score (nSPS) is 28.2. The highest BCUT2D eigenvalue weighted by molar-refractivity contribution is 6.17. The molecule has 0 aliphatic carbocycles. The summed E-state index contributed by atoms with van der Waals surface area (Å²) in [7, 11) is 2.28. The van der Waals surface area contributed by atoms with Crippen LogP contribution in [0.3, 0.4) is 0 Å². The second kappa shape index (κ2) is 5.68. The third-order valence-corrected chi connectivity index (χ3v) is 5.01. The Labute approximate surface area is 120 Å². The van der Waals surface area contributed by atoms with Gasteiger partial charge in [0.25, 0.3) is 0 Å². The molecule has 1 aromatic rings. The van der Waals surface area contributed by atoms with Crippen LogP contribution in [-0.2, 0) is 5.88 Å². The summed E-state index contributed by atoms with van der Waals surface area (Å²) in [6.45, 7) is 3.55. The van der Waals surface area contributed by atoms with E-state index >= 15 is 0 Å². The first-order valence-corrected chi connectivity index (χ1v) is 7.77. The Kier molecular flexibility index (Phi) is 3.94. The number of nitrogens with zero attached hydrogens (tertiary/aromatic N) is 3. The molecule has 3 rings (SSSR count). The van der Waals surface area contributed by atoms with Crippen LogP contribution >= 0.6 is 11.6 Å². The first-order valence-electron chi connectivity index (χ1n) is 7.23. The predicted octanol–water partition coefficient (Wildman–Crippen LogP) is 2.74. The Bertz CT molecular complexity index is 437. The SMILES string of the molecule is CN1CCCC2CN(c3cnccc3CCl)CCC21. The molecule has 0 bridgehead atoms. The van der Waals surface area contributed by atoms with E-state index in [9.17, 15) is 0 Å². The lowest BCUT2D eigenvalue weighted by Crippen LogP contribution is -2.52. The highest BCUT2D eigenvalue weighted by Gasteiger charge is 2.34. The Morgan fingerprint density at radius 1 is 1.37 bits per heavy atom. The van der Waals surface area contributed by atoms with E-state index in [2.05, 4.69) is 21.8 Å². The van der Waals surface area contributed by atoms with Crippen molar-refractivity contribution in [3.8, 4) is 0 Å². The molecule has 3 nitrogen and oxygen atoms in total. The van der Waals surface area contributed by atoms with Crippen molar-refractivity contribution in [2.45, 2.75) is 31.2 Å². The molecule has 2 aliphatic rings. The van der Waals surface area contributed by atoms with Gasteiger partial charge in [-0.1, -0.05) is 0 Å². The Morgan fingerprint density at radius 3 is 3.11 bits per heavy atom. The fourth-order valence-electron chi connectivity index (χ4n) is 3.68. The average Bonchev–Trinajstić information content (AvgIpc) is 2.47. The van der Waals surface area contributed by atoms with Crippen molar-refractivity contribution in [3.05, 3.63) is 24.0 Å². The zero-order chi connectivity index (χ0) is 13.2. The molecule has 2 saturated heterocycles. The first-order chi connectivity index (χ1) is 9.29. The van der Waals surface area contributed by atoms with Gasteiger partial charge in [-0.3, -0.25) is 4.98 Å². The van der Waals surface area contributed by atoms with Crippen LogP contribution in [0.15, 0.2) is 18.5 Å². The van der Waals surface area contributed by atoms with Gasteiger partial charge in [0.2, 0.25) is 0 Å². The van der Waals surface area contributed by atoms with Gasteiger partial charge in [0.05, 0.1) is 11.9 Å². The molecule has 0 amide bonds. The number of piperidine rings is 2. The van der Waals surface area contributed by atoms with Crippen LogP contribution in [0.1, 0.15) is 24.8 Å². The lowest BCUT2D eigenvalue weighted by atomic mass is 9.84. The fourth-order valence-corrected chi connectivity index (χ4v) is 3.91. The van der Waals surface area contributed by atoms with Crippen molar-refractivity contribution in [2.75, 3.05) is 31.6 Å². The van der Waals surface area contributed by atoms with Gasteiger partial charge < -0.3 is 9.80 Å². The van der Waals surface area contributed by atoms with Crippen molar-refractivity contribution in [1.82, 2.24) is 9.88 Å². The molecule has 3 heterocycles. The molecule has 0 spiro atoms. The molecule has 104 valence electrons. The molecule has 19 heavy (non-hydrogen) atoms. The number of anilines is 1. The lowest BCUT2D eigenvalue weighted by molar-refractivity contribution is 0.102. The number of pyridine rings is 1. The summed E-state index contributed by atoms with van der Waals surface area (Å²) < 4.78 is 0. The molecule has 0 aromatic carbocycles. The number of alkyl halides is 1. The first kappa shape index (κ1) is 13.2. The van der Waals surface area contributed by atoms with Crippen molar-refractivity contribution in [1.29, 1.82) is 0 Å². The van der Waals surface area contributed by atoms with Gasteiger partial charge in [-0.15, -0.1) is 11.6 Å². The van der Waals surface area contributed by atoms with Gasteiger partial charge in [-0.05, 0) is 50.4 Å². The molecule has 2 fully saturated rings. The van der Waals surface area contributed by atoms with E-state index in [1.54, 1.807) is 0 Å². The highest BCUT2D eigenvalue weighted by Crippen LogP contribution is 2.33. The van der Waals surface area contributed by atoms with E-state index in [1.807, 2.05) is 18.5 Å². The summed E-state index contributed by atoms with van der Waals surface area (Å²) in [6.07, 6.45) is 7.77. The highest BCUT2D eigenvalue weighted by atomic mass is 35.5. The molecule has 2 atom stereocenters. The number of rotatable bonds is 2. The minimum atomic E-state index is 0.572. The van der Waals surface area contributed by atoms with Crippen LogP contribution in [0.2, 0.25) is 0 Å². The summed E-state index contributed by atoms with van der Waals surface area (Å²) in [5, 5.41) is 0. The third-order valence-electron chi connectivity index (χ3n) is 4.72. The summed E-state index contributed by atoms with van der Waals surface area (Å²) in [5.41, 5.74) is 2.45. The Morgan fingerprint density at radius 2 is 2.26 bits per heavy atom. The number of halogens is 1. The minimum Gasteiger partial charge on any atom is -0.370 e. The van der Waals surface area contributed by atoms with E-state index < -0.39 is 0 Å². The third kappa shape index (κ3) is 2.59. The summed E-state index contributed by atoms with van der Waals surface area (Å²) in [5.74, 6) is 1.37. The summed E-state index contributed by atoms with van der Waals surface area (Å²) in [6, 6.07) is 2.82. The molecule has 1 aromatic heterocycles. The van der Waals surface area contributed by atoms with Crippen molar-refractivity contribution < 1.29 is 0 Å². The van der Waals surface area contributed by atoms with Crippen LogP contribution in [0.25, 0.3) is 0 Å². The van der Waals surface area contributed by atoms with Gasteiger partial charge in [0.15, 0.2) is 0 Å². The van der Waals surface area contributed by atoms with E-state index in [4.69, 9.17) is 11.6 Å². The van der Waals surface area contributed by atoms with Gasteiger partial charge in [0, 0.05) is 31.2 Å². The van der Waals surface area contributed by atoms with Crippen LogP contribution in [0, 0.1) is 5.92 Å². The standard InChI is InChI=1S/C15H22ClN3/c1-18-7-2-3-13-11-19(8-5-14(13)18)15-10-17-6-4-12(15)9-16/h4,6,10,13-14H,2-3,5,7-9,11H2,1H3. The second-order valence-corrected chi connectivity index (χ2v) is 6.09. The van der Waals surface area contributed by atoms with E-state index in [0.717, 1.165) is 25.0 Å². The zero-order valence-corrected chi connectivity index (χ0v) is 12.3. The fraction of sp³-hybridized carbons (Fsp3) is 0.667. The largest absolute Gasteiger partial charge is 0.370 e. The van der Waals surface area contributed by atoms with E-state index in [-0.39, 0.29) is 0 Å². The minimum absolute atomic E-state index is 0.572. The second-order valence-electron chi connectivity index (χ2n) is 5.82. The molecule has 0 saturated carbocycles. The van der Waals surface area contributed by atoms with Crippen LogP contribution in [-0.4, -0.2) is 42.6 Å². The maximum atomic E-state index is 6.05. The number of hydrogen-bond acceptors (Lipinski definition) is 3. The zero-order valence-electron chi connectivity index (χ0n) is 11.6. The monoisotopic (exact) mass is 279 g/mol. The maximum Gasteiger partial charge on any atom is 0.0597 e. The molecule has 2 aliphatic heterocycles. The van der Waals surface area contributed by atoms with Crippen LogP contribution in [0.5, 0.6) is 0 Å². The topological polar surface area (TPSA) is 19.4 Å². The summed E-state index contributed by atoms with van der Waals surface area (Å²) >= 11 is 6.05. The molecule has 2 unspecified atom stereocenters. The lowest BCUT2D eigenvalue weighted by Gasteiger charge is -2.46.